The summed E-state index contributed by atoms with van der Waals surface area (Å²) in [6.07, 6.45) is 2.12. The van der Waals surface area contributed by atoms with Crippen LogP contribution in [0, 0.1) is 12.8 Å². The fourth-order valence-electron chi connectivity index (χ4n) is 8.59. The van der Waals surface area contributed by atoms with Crippen LogP contribution in [0.4, 0.5) is 10.5 Å². The summed E-state index contributed by atoms with van der Waals surface area (Å²) in [5.74, 6) is -1.20. The Morgan fingerprint density at radius 2 is 1.76 bits per heavy atom. The van der Waals surface area contributed by atoms with E-state index in [-0.39, 0.29) is 35.9 Å². The zero-order valence-corrected chi connectivity index (χ0v) is 29.8. The van der Waals surface area contributed by atoms with Gasteiger partial charge >= 0.3 is 12.1 Å². The molecule has 1 spiro atoms. The third-order valence-electron chi connectivity index (χ3n) is 10.9. The molecule has 0 unspecified atom stereocenters. The molecular weight excluding hydrogens is 637 g/mol. The summed E-state index contributed by atoms with van der Waals surface area (Å²) >= 11 is 1.76. The number of thioether (sulfide) groups is 1. The number of fused-ring (bicyclic) bond motifs is 1. The monoisotopic (exact) mass is 682 g/mol. The van der Waals surface area contributed by atoms with E-state index in [0.29, 0.717) is 38.0 Å². The molecule has 9 heteroatoms. The number of anilines is 1. The highest BCUT2D eigenvalue weighted by Gasteiger charge is 2.64. The van der Waals surface area contributed by atoms with E-state index in [4.69, 9.17) is 18.9 Å². The van der Waals surface area contributed by atoms with Gasteiger partial charge in [-0.1, -0.05) is 73.2 Å². The number of nitrogens with one attached hydrogen (secondary N) is 1. The molecule has 3 heterocycles. The molecule has 4 aliphatic rings. The minimum absolute atomic E-state index is 0.107. The van der Waals surface area contributed by atoms with Crippen molar-refractivity contribution in [3.63, 3.8) is 0 Å². The van der Waals surface area contributed by atoms with E-state index in [1.54, 1.807) is 11.8 Å². The SMILES string of the molecule is CC[C@]1(C[C@H]2[C@@H](Sc3ccc(C)cc3)CC(C(=O)OC)=C3Nc4ccccc4[C@]34CCN(C(=O)OCc3ccccc3)[C@H]24)COC(C)(C)O1. The van der Waals surface area contributed by atoms with Gasteiger partial charge in [0.2, 0.25) is 0 Å². The highest BCUT2D eigenvalue weighted by molar-refractivity contribution is 8.00. The normalized spacial score (nSPS) is 28.3. The second-order valence-electron chi connectivity index (χ2n) is 14.3. The first-order chi connectivity index (χ1) is 23.6. The van der Waals surface area contributed by atoms with Crippen LogP contribution in [0.3, 0.4) is 0 Å². The van der Waals surface area contributed by atoms with Crippen molar-refractivity contribution in [2.24, 2.45) is 5.92 Å². The summed E-state index contributed by atoms with van der Waals surface area (Å²) in [6.45, 7) is 9.27. The standard InChI is InChI=1S/C40H46N2O6S/c1-6-39(25-47-38(3,4)48-39)23-30-33(49-28-18-16-26(2)17-19-28)22-29(36(43)45-5)34-40(31-14-10-11-15-32(31)41-34)20-21-42(35(30)40)37(44)46-24-27-12-8-7-9-13-27/h7-19,30,33,35,41H,6,20-25H2,1-5H3/t30-,33-,35+,39-,40+/m0/s1. The topological polar surface area (TPSA) is 86.3 Å². The Kier molecular flexibility index (Phi) is 9.05. The Morgan fingerprint density at radius 1 is 1.02 bits per heavy atom. The molecule has 3 aliphatic heterocycles. The Morgan fingerprint density at radius 3 is 2.45 bits per heavy atom. The number of benzene rings is 3. The van der Waals surface area contributed by atoms with Gasteiger partial charge in [-0.25, -0.2) is 9.59 Å². The van der Waals surface area contributed by atoms with Crippen molar-refractivity contribution in [2.45, 2.75) is 93.0 Å². The fourth-order valence-corrected chi connectivity index (χ4v) is 9.90. The van der Waals surface area contributed by atoms with E-state index >= 15 is 0 Å². The Bertz CT molecular complexity index is 1740. The lowest BCUT2D eigenvalue weighted by atomic mass is 9.67. The summed E-state index contributed by atoms with van der Waals surface area (Å²) in [7, 11) is 1.45. The van der Waals surface area contributed by atoms with Crippen LogP contribution < -0.4 is 5.32 Å². The summed E-state index contributed by atoms with van der Waals surface area (Å²) < 4.78 is 24.6. The van der Waals surface area contributed by atoms with E-state index in [1.807, 2.05) is 61.2 Å². The van der Waals surface area contributed by atoms with Gasteiger partial charge in [0.15, 0.2) is 5.79 Å². The van der Waals surface area contributed by atoms with Crippen molar-refractivity contribution in [3.05, 3.63) is 107 Å². The van der Waals surface area contributed by atoms with Crippen molar-refractivity contribution < 1.29 is 28.5 Å². The lowest BCUT2D eigenvalue weighted by Crippen LogP contribution is -2.54. The number of carbonyl (C=O) groups is 2. The molecule has 49 heavy (non-hydrogen) atoms. The minimum atomic E-state index is -0.732. The van der Waals surface area contributed by atoms with E-state index in [9.17, 15) is 9.59 Å². The predicted molar refractivity (Wildman–Crippen MR) is 190 cm³/mol. The highest BCUT2D eigenvalue weighted by Crippen LogP contribution is 2.61. The van der Waals surface area contributed by atoms with Gasteiger partial charge in [0, 0.05) is 28.1 Å². The third kappa shape index (κ3) is 6.15. The predicted octanol–water partition coefficient (Wildman–Crippen LogP) is 8.00. The van der Waals surface area contributed by atoms with Gasteiger partial charge in [0.25, 0.3) is 0 Å². The molecule has 5 atom stereocenters. The molecule has 3 aromatic rings. The molecule has 258 valence electrons. The van der Waals surface area contributed by atoms with Gasteiger partial charge in [-0.15, -0.1) is 11.8 Å². The first kappa shape index (κ1) is 33.7. The first-order valence-corrected chi connectivity index (χ1v) is 18.2. The van der Waals surface area contributed by atoms with Crippen LogP contribution in [-0.4, -0.2) is 59.9 Å². The second-order valence-corrected chi connectivity index (χ2v) is 15.6. The van der Waals surface area contributed by atoms with Crippen LogP contribution in [0.5, 0.6) is 0 Å². The summed E-state index contributed by atoms with van der Waals surface area (Å²) in [6, 6.07) is 26.2. The van der Waals surface area contributed by atoms with E-state index in [2.05, 4.69) is 55.6 Å². The number of amides is 1. The van der Waals surface area contributed by atoms with Gasteiger partial charge in [-0.3, -0.25) is 0 Å². The average molecular weight is 683 g/mol. The lowest BCUT2D eigenvalue weighted by Gasteiger charge is -2.44. The molecule has 0 bridgehead atoms. The molecular formula is C40H46N2O6S. The molecule has 0 radical (unpaired) electrons. The number of hydrogen-bond acceptors (Lipinski definition) is 8. The number of likely N-dealkylation sites (tertiary alicyclic amines) is 1. The average Bonchev–Trinajstić information content (AvgIpc) is 3.75. The Balaban J connectivity index is 1.40. The van der Waals surface area contributed by atoms with Crippen molar-refractivity contribution >= 4 is 29.5 Å². The molecule has 0 saturated carbocycles. The molecule has 8 nitrogen and oxygen atoms in total. The largest absolute Gasteiger partial charge is 0.466 e. The highest BCUT2D eigenvalue weighted by atomic mass is 32.2. The summed E-state index contributed by atoms with van der Waals surface area (Å²) in [5.41, 5.74) is 4.38. The lowest BCUT2D eigenvalue weighted by molar-refractivity contribution is -0.166. The number of rotatable bonds is 8. The van der Waals surface area contributed by atoms with Crippen LogP contribution in [0.25, 0.3) is 0 Å². The summed E-state index contributed by atoms with van der Waals surface area (Å²) in [4.78, 5) is 31.4. The summed E-state index contributed by atoms with van der Waals surface area (Å²) in [5, 5.41) is 3.59. The van der Waals surface area contributed by atoms with Gasteiger partial charge in [0.1, 0.15) is 6.61 Å². The van der Waals surface area contributed by atoms with Crippen LogP contribution in [0.2, 0.25) is 0 Å². The number of ether oxygens (including phenoxy) is 4. The molecule has 0 aromatic heterocycles. The maximum Gasteiger partial charge on any atom is 0.410 e. The van der Waals surface area contributed by atoms with Crippen molar-refractivity contribution in [2.75, 3.05) is 25.6 Å². The molecule has 1 N–H and O–H groups in total. The van der Waals surface area contributed by atoms with Crippen molar-refractivity contribution in [1.82, 2.24) is 4.90 Å². The Labute approximate surface area is 293 Å². The number of nitrogens with zero attached hydrogens (tertiary/aromatic N) is 1. The second kappa shape index (κ2) is 13.2. The molecule has 1 amide bonds. The number of esters is 1. The first-order valence-electron chi connectivity index (χ1n) is 17.3. The van der Waals surface area contributed by atoms with Crippen molar-refractivity contribution in [3.8, 4) is 0 Å². The van der Waals surface area contributed by atoms with Crippen LogP contribution in [0.1, 0.15) is 63.1 Å². The number of aryl methyl sites for hydroxylation is 1. The van der Waals surface area contributed by atoms with Gasteiger partial charge < -0.3 is 29.2 Å². The maximum atomic E-state index is 14.4. The number of hydrogen-bond donors (Lipinski definition) is 1. The Hall–Kier alpha value is -3.79. The third-order valence-corrected chi connectivity index (χ3v) is 12.2. The molecule has 7 rings (SSSR count). The van der Waals surface area contributed by atoms with Crippen LogP contribution >= 0.6 is 11.8 Å². The van der Waals surface area contributed by atoms with E-state index in [0.717, 1.165) is 33.8 Å². The zero-order valence-electron chi connectivity index (χ0n) is 29.0. The quantitative estimate of drug-likeness (QED) is 0.239. The van der Waals surface area contributed by atoms with E-state index in [1.165, 1.54) is 12.7 Å². The van der Waals surface area contributed by atoms with Crippen LogP contribution in [-0.2, 0) is 35.8 Å². The van der Waals surface area contributed by atoms with E-state index < -0.39 is 16.8 Å². The molecule has 3 aromatic carbocycles. The number of para-hydroxylation sites is 1. The van der Waals surface area contributed by atoms with Gasteiger partial charge in [0.05, 0.1) is 36.3 Å². The smallest absolute Gasteiger partial charge is 0.410 e. The number of carbonyl (C=O) groups excluding carboxylic acids is 2. The van der Waals surface area contributed by atoms with Gasteiger partial charge in [-0.2, -0.15) is 0 Å². The minimum Gasteiger partial charge on any atom is -0.466 e. The fraction of sp³-hybridized carbons (Fsp3) is 0.450. The van der Waals surface area contributed by atoms with Crippen molar-refractivity contribution in [1.29, 1.82) is 0 Å². The zero-order chi connectivity index (χ0) is 34.4. The van der Waals surface area contributed by atoms with Crippen LogP contribution in [0.15, 0.2) is 95.0 Å². The number of methoxy groups -OCH3 is 1. The van der Waals surface area contributed by atoms with Gasteiger partial charge in [-0.05, 0) is 81.7 Å². The maximum absolute atomic E-state index is 14.4. The molecule has 1 aliphatic carbocycles. The molecule has 2 saturated heterocycles. The molecule has 2 fully saturated rings.